The van der Waals surface area contributed by atoms with E-state index in [1.165, 1.54) is 24.3 Å². The van der Waals surface area contributed by atoms with Gasteiger partial charge >= 0.3 is 0 Å². The largest absolute Gasteiger partial charge is 0.284 e. The first-order chi connectivity index (χ1) is 7.61. The van der Waals surface area contributed by atoms with Crippen molar-refractivity contribution >= 4 is 22.1 Å². The van der Waals surface area contributed by atoms with E-state index in [9.17, 15) is 20.2 Å². The summed E-state index contributed by atoms with van der Waals surface area (Å²) in [6, 6.07) is 8.74. The summed E-state index contributed by atoms with van der Waals surface area (Å²) in [5, 5.41) is 22.1. The van der Waals surface area contributed by atoms with Crippen LogP contribution in [0.2, 0.25) is 0 Å². The number of nitro groups is 2. The second-order valence-electron chi connectivity index (χ2n) is 3.17. The molecular formula is C10H6N2O4. The van der Waals surface area contributed by atoms with Crippen LogP contribution in [-0.4, -0.2) is 9.85 Å². The van der Waals surface area contributed by atoms with E-state index in [0.717, 1.165) is 0 Å². The van der Waals surface area contributed by atoms with Crippen LogP contribution in [-0.2, 0) is 0 Å². The third kappa shape index (κ3) is 1.46. The molecule has 6 nitrogen and oxygen atoms in total. The molecule has 6 heteroatoms. The Hall–Kier alpha value is -2.50. The summed E-state index contributed by atoms with van der Waals surface area (Å²) in [6.45, 7) is 0. The molecule has 0 aromatic heterocycles. The predicted molar refractivity (Wildman–Crippen MR) is 57.3 cm³/mol. The van der Waals surface area contributed by atoms with Crippen LogP contribution in [0.25, 0.3) is 10.8 Å². The Morgan fingerprint density at radius 1 is 0.812 bits per heavy atom. The molecule has 0 spiro atoms. The number of nitro benzene ring substituents is 2. The smallest absolute Gasteiger partial charge is 0.258 e. The van der Waals surface area contributed by atoms with Gasteiger partial charge in [0, 0.05) is 12.1 Å². The van der Waals surface area contributed by atoms with Crippen molar-refractivity contribution in [1.29, 1.82) is 0 Å². The van der Waals surface area contributed by atoms with Gasteiger partial charge in [-0.15, -0.1) is 0 Å². The highest BCUT2D eigenvalue weighted by Gasteiger charge is 2.20. The van der Waals surface area contributed by atoms with Crippen molar-refractivity contribution in [2.75, 3.05) is 0 Å². The van der Waals surface area contributed by atoms with Crippen LogP contribution in [0, 0.1) is 20.2 Å². The SMILES string of the molecule is O=[N+]([O-])c1cccc2cccc([N+](=O)[O-])c12. The van der Waals surface area contributed by atoms with Crippen molar-refractivity contribution in [2.24, 2.45) is 0 Å². The summed E-state index contributed by atoms with van der Waals surface area (Å²) < 4.78 is 0. The second-order valence-corrected chi connectivity index (χ2v) is 3.17. The Balaban J connectivity index is 2.92. The standard InChI is InChI=1S/C10H6N2O4/c13-11(14)8-5-1-3-7-4-2-6-9(10(7)8)12(15)16/h1-6H. The maximum atomic E-state index is 10.8. The Kier molecular flexibility index (Phi) is 2.24. The van der Waals surface area contributed by atoms with Gasteiger partial charge in [0.2, 0.25) is 0 Å². The van der Waals surface area contributed by atoms with E-state index in [-0.39, 0.29) is 16.8 Å². The lowest BCUT2D eigenvalue weighted by Gasteiger charge is -1.99. The Bertz CT molecular complexity index is 546. The Morgan fingerprint density at radius 3 is 1.62 bits per heavy atom. The van der Waals surface area contributed by atoms with Gasteiger partial charge in [-0.3, -0.25) is 20.2 Å². The minimum Gasteiger partial charge on any atom is -0.258 e. The molecule has 0 amide bonds. The molecular weight excluding hydrogens is 212 g/mol. The molecule has 0 atom stereocenters. The highest BCUT2D eigenvalue weighted by Crippen LogP contribution is 2.32. The molecule has 0 unspecified atom stereocenters. The molecule has 80 valence electrons. The number of benzene rings is 2. The number of fused-ring (bicyclic) bond motifs is 1. The van der Waals surface area contributed by atoms with Crippen molar-refractivity contribution in [3.63, 3.8) is 0 Å². The number of nitrogens with zero attached hydrogens (tertiary/aromatic N) is 2. The molecule has 0 aliphatic rings. The summed E-state index contributed by atoms with van der Waals surface area (Å²) in [4.78, 5) is 20.3. The minimum absolute atomic E-state index is 0.0694. The topological polar surface area (TPSA) is 86.3 Å². The van der Waals surface area contributed by atoms with Crippen molar-refractivity contribution in [3.05, 3.63) is 56.6 Å². The van der Waals surface area contributed by atoms with Crippen molar-refractivity contribution in [3.8, 4) is 0 Å². The molecule has 0 fully saturated rings. The third-order valence-corrected chi connectivity index (χ3v) is 2.25. The zero-order valence-corrected chi connectivity index (χ0v) is 7.99. The van der Waals surface area contributed by atoms with E-state index in [1.54, 1.807) is 12.1 Å². The first-order valence-corrected chi connectivity index (χ1v) is 4.42. The van der Waals surface area contributed by atoms with Gasteiger partial charge in [-0.1, -0.05) is 24.3 Å². The summed E-state index contributed by atoms with van der Waals surface area (Å²) in [7, 11) is 0. The van der Waals surface area contributed by atoms with Crippen LogP contribution >= 0.6 is 0 Å². The minimum atomic E-state index is -0.616. The summed E-state index contributed by atoms with van der Waals surface area (Å²) in [5.41, 5.74) is -0.491. The maximum absolute atomic E-state index is 10.8. The number of hydrogen-bond donors (Lipinski definition) is 0. The zero-order valence-electron chi connectivity index (χ0n) is 7.99. The lowest BCUT2D eigenvalue weighted by Crippen LogP contribution is -1.94. The molecule has 16 heavy (non-hydrogen) atoms. The lowest BCUT2D eigenvalue weighted by molar-refractivity contribution is -0.390. The molecule has 0 aliphatic heterocycles. The van der Waals surface area contributed by atoms with Crippen LogP contribution in [0.3, 0.4) is 0 Å². The fourth-order valence-electron chi connectivity index (χ4n) is 1.61. The van der Waals surface area contributed by atoms with Crippen molar-refractivity contribution < 1.29 is 9.85 Å². The normalized spacial score (nSPS) is 10.2. The quantitative estimate of drug-likeness (QED) is 0.572. The van der Waals surface area contributed by atoms with Crippen LogP contribution < -0.4 is 0 Å². The van der Waals surface area contributed by atoms with Crippen LogP contribution in [0.15, 0.2) is 36.4 Å². The maximum Gasteiger partial charge on any atom is 0.284 e. The molecule has 2 aromatic carbocycles. The fraction of sp³-hybridized carbons (Fsp3) is 0. The van der Waals surface area contributed by atoms with Crippen molar-refractivity contribution in [1.82, 2.24) is 0 Å². The third-order valence-electron chi connectivity index (χ3n) is 2.25. The molecule has 0 N–H and O–H groups in total. The monoisotopic (exact) mass is 218 g/mol. The highest BCUT2D eigenvalue weighted by atomic mass is 16.6. The molecule has 0 saturated carbocycles. The van der Waals surface area contributed by atoms with E-state index in [2.05, 4.69) is 0 Å². The lowest BCUT2D eigenvalue weighted by atomic mass is 10.1. The van der Waals surface area contributed by atoms with E-state index in [4.69, 9.17) is 0 Å². The van der Waals surface area contributed by atoms with Gasteiger partial charge in [-0.2, -0.15) is 0 Å². The van der Waals surface area contributed by atoms with Gasteiger partial charge in [-0.05, 0) is 5.39 Å². The fourth-order valence-corrected chi connectivity index (χ4v) is 1.61. The van der Waals surface area contributed by atoms with Crippen molar-refractivity contribution in [2.45, 2.75) is 0 Å². The van der Waals surface area contributed by atoms with Crippen LogP contribution in [0.5, 0.6) is 0 Å². The predicted octanol–water partition coefficient (Wildman–Crippen LogP) is 2.66. The molecule has 2 rings (SSSR count). The van der Waals surface area contributed by atoms with Gasteiger partial charge in [0.05, 0.1) is 9.85 Å². The van der Waals surface area contributed by atoms with E-state index in [1.807, 2.05) is 0 Å². The number of hydrogen-bond acceptors (Lipinski definition) is 4. The zero-order chi connectivity index (χ0) is 11.7. The first kappa shape index (κ1) is 10.0. The summed E-state index contributed by atoms with van der Waals surface area (Å²) in [5.74, 6) is 0. The Morgan fingerprint density at radius 2 is 1.25 bits per heavy atom. The van der Waals surface area contributed by atoms with E-state index < -0.39 is 9.85 Å². The van der Waals surface area contributed by atoms with Gasteiger partial charge in [-0.25, -0.2) is 0 Å². The van der Waals surface area contributed by atoms with E-state index >= 15 is 0 Å². The average Bonchev–Trinajstić information content (AvgIpc) is 2.27. The van der Waals surface area contributed by atoms with Gasteiger partial charge < -0.3 is 0 Å². The summed E-state index contributed by atoms with van der Waals surface area (Å²) in [6.07, 6.45) is 0. The molecule has 2 aromatic rings. The Labute approximate surface area is 89.4 Å². The number of non-ortho nitro benzene ring substituents is 2. The van der Waals surface area contributed by atoms with E-state index in [0.29, 0.717) is 5.39 Å². The average molecular weight is 218 g/mol. The summed E-state index contributed by atoms with van der Waals surface area (Å²) >= 11 is 0. The van der Waals surface area contributed by atoms with Gasteiger partial charge in [0.1, 0.15) is 5.39 Å². The molecule has 0 aliphatic carbocycles. The molecule has 0 heterocycles. The second kappa shape index (κ2) is 3.58. The molecule has 0 radical (unpaired) electrons. The van der Waals surface area contributed by atoms with Gasteiger partial charge in [0.25, 0.3) is 11.4 Å². The molecule has 0 bridgehead atoms. The first-order valence-electron chi connectivity index (χ1n) is 4.42. The highest BCUT2D eigenvalue weighted by molar-refractivity contribution is 5.98. The van der Waals surface area contributed by atoms with Gasteiger partial charge in [0.15, 0.2) is 0 Å². The number of rotatable bonds is 2. The molecule has 0 saturated heterocycles. The van der Waals surface area contributed by atoms with Crippen LogP contribution in [0.1, 0.15) is 0 Å². The van der Waals surface area contributed by atoms with Crippen LogP contribution in [0.4, 0.5) is 11.4 Å².